The van der Waals surface area contributed by atoms with Crippen molar-refractivity contribution in [2.24, 2.45) is 0 Å². The highest BCUT2D eigenvalue weighted by molar-refractivity contribution is 6.06. The fourth-order valence-corrected chi connectivity index (χ4v) is 3.44. The smallest absolute Gasteiger partial charge is 0.270 e. The molecule has 31 heavy (non-hydrogen) atoms. The number of hydrogen-bond acceptors (Lipinski definition) is 2. The standard InChI is InChI=1S/C26H23N3O2/c1-29(18-19-10-4-2-5-11-19)26(31)24(28-25(30)20-12-6-3-7-13-20)16-21-17-27-23-15-9-8-14-22(21)23/h2-17,27H,18H2,1H3,(H,28,30)/b24-16-. The van der Waals surface area contributed by atoms with Crippen LogP contribution in [0.25, 0.3) is 17.0 Å². The van der Waals surface area contributed by atoms with Gasteiger partial charge in [0, 0.05) is 41.8 Å². The summed E-state index contributed by atoms with van der Waals surface area (Å²) in [5, 5.41) is 3.80. The Morgan fingerprint density at radius 1 is 0.903 bits per heavy atom. The summed E-state index contributed by atoms with van der Waals surface area (Å²) in [6.07, 6.45) is 3.56. The second-order valence-corrected chi connectivity index (χ2v) is 7.31. The maximum atomic E-state index is 13.3. The molecule has 5 nitrogen and oxygen atoms in total. The number of nitrogens with one attached hydrogen (secondary N) is 2. The Kier molecular flexibility index (Phi) is 5.94. The maximum Gasteiger partial charge on any atom is 0.270 e. The molecule has 0 spiro atoms. The summed E-state index contributed by atoms with van der Waals surface area (Å²) in [5.74, 6) is -0.591. The maximum absolute atomic E-state index is 13.3. The number of rotatable bonds is 6. The molecule has 0 aliphatic carbocycles. The number of aromatic amines is 1. The summed E-state index contributed by atoms with van der Waals surface area (Å²) in [6, 6.07) is 26.5. The number of amides is 2. The number of hydrogen-bond donors (Lipinski definition) is 2. The summed E-state index contributed by atoms with van der Waals surface area (Å²) >= 11 is 0. The van der Waals surface area contributed by atoms with E-state index in [1.54, 1.807) is 42.3 Å². The first-order chi connectivity index (χ1) is 15.1. The molecule has 4 aromatic rings. The van der Waals surface area contributed by atoms with Crippen LogP contribution in [0, 0.1) is 0 Å². The van der Waals surface area contributed by atoms with Crippen molar-refractivity contribution in [2.45, 2.75) is 6.54 Å². The Morgan fingerprint density at radius 3 is 2.29 bits per heavy atom. The number of benzene rings is 3. The number of fused-ring (bicyclic) bond motifs is 1. The molecule has 0 aliphatic heterocycles. The Morgan fingerprint density at radius 2 is 1.55 bits per heavy atom. The number of carbonyl (C=O) groups is 2. The summed E-state index contributed by atoms with van der Waals surface area (Å²) in [6.45, 7) is 0.437. The molecule has 0 atom stereocenters. The van der Waals surface area contributed by atoms with Crippen LogP contribution < -0.4 is 5.32 Å². The molecular formula is C26H23N3O2. The van der Waals surface area contributed by atoms with Gasteiger partial charge < -0.3 is 15.2 Å². The van der Waals surface area contributed by atoms with Crippen molar-refractivity contribution in [3.8, 4) is 0 Å². The summed E-state index contributed by atoms with van der Waals surface area (Å²) < 4.78 is 0. The minimum atomic E-state index is -0.326. The molecular weight excluding hydrogens is 386 g/mol. The average molecular weight is 409 g/mol. The molecule has 3 aromatic carbocycles. The van der Waals surface area contributed by atoms with E-state index in [-0.39, 0.29) is 17.5 Å². The second-order valence-electron chi connectivity index (χ2n) is 7.31. The Hall–Kier alpha value is -4.12. The van der Waals surface area contributed by atoms with Gasteiger partial charge in [0.1, 0.15) is 5.70 Å². The van der Waals surface area contributed by atoms with Gasteiger partial charge in [0.25, 0.3) is 11.8 Å². The highest BCUT2D eigenvalue weighted by Gasteiger charge is 2.19. The van der Waals surface area contributed by atoms with Crippen LogP contribution in [0.3, 0.4) is 0 Å². The van der Waals surface area contributed by atoms with E-state index in [1.807, 2.05) is 66.9 Å². The number of likely N-dealkylation sites (N-methyl/N-ethyl adjacent to an activating group) is 1. The molecule has 1 aromatic heterocycles. The quantitative estimate of drug-likeness (QED) is 0.457. The Bertz CT molecular complexity index is 1230. The fourth-order valence-electron chi connectivity index (χ4n) is 3.44. The van der Waals surface area contributed by atoms with Crippen LogP contribution in [0.15, 0.2) is 96.8 Å². The van der Waals surface area contributed by atoms with Crippen molar-refractivity contribution in [1.82, 2.24) is 15.2 Å². The molecule has 0 fully saturated rings. The molecule has 0 aliphatic rings. The van der Waals surface area contributed by atoms with E-state index < -0.39 is 0 Å². The zero-order valence-electron chi connectivity index (χ0n) is 17.2. The topological polar surface area (TPSA) is 65.2 Å². The summed E-state index contributed by atoms with van der Waals surface area (Å²) in [7, 11) is 1.73. The number of aromatic nitrogens is 1. The van der Waals surface area contributed by atoms with Crippen molar-refractivity contribution in [2.75, 3.05) is 7.05 Å². The summed E-state index contributed by atoms with van der Waals surface area (Å²) in [4.78, 5) is 30.9. The molecule has 0 saturated carbocycles. The lowest BCUT2D eigenvalue weighted by molar-refractivity contribution is -0.126. The predicted octanol–water partition coefficient (Wildman–Crippen LogP) is 4.60. The van der Waals surface area contributed by atoms with Crippen LogP contribution >= 0.6 is 0 Å². The molecule has 0 bridgehead atoms. The lowest BCUT2D eigenvalue weighted by Crippen LogP contribution is -2.35. The largest absolute Gasteiger partial charge is 0.361 e. The van der Waals surface area contributed by atoms with Gasteiger partial charge in [-0.2, -0.15) is 0 Å². The first-order valence-corrected chi connectivity index (χ1v) is 10.1. The third-order valence-corrected chi connectivity index (χ3v) is 5.04. The SMILES string of the molecule is CN(Cc1ccccc1)C(=O)/C(=C/c1c[nH]c2ccccc12)NC(=O)c1ccccc1. The first-order valence-electron chi connectivity index (χ1n) is 10.1. The average Bonchev–Trinajstić information content (AvgIpc) is 3.22. The van der Waals surface area contributed by atoms with Gasteiger partial charge in [-0.3, -0.25) is 9.59 Å². The van der Waals surface area contributed by atoms with Crippen molar-refractivity contribution in [3.05, 3.63) is 114 Å². The second kappa shape index (κ2) is 9.13. The third-order valence-electron chi connectivity index (χ3n) is 5.04. The van der Waals surface area contributed by atoms with Crippen LogP contribution in [0.2, 0.25) is 0 Å². The molecule has 1 heterocycles. The zero-order chi connectivity index (χ0) is 21.6. The van der Waals surface area contributed by atoms with Gasteiger partial charge in [0.2, 0.25) is 0 Å². The number of nitrogens with zero attached hydrogens (tertiary/aromatic N) is 1. The predicted molar refractivity (Wildman–Crippen MR) is 123 cm³/mol. The van der Waals surface area contributed by atoms with Gasteiger partial charge >= 0.3 is 0 Å². The van der Waals surface area contributed by atoms with Gasteiger partial charge in [0.05, 0.1) is 0 Å². The van der Waals surface area contributed by atoms with Gasteiger partial charge in [-0.25, -0.2) is 0 Å². The molecule has 0 unspecified atom stereocenters. The van der Waals surface area contributed by atoms with E-state index in [2.05, 4.69) is 10.3 Å². The minimum Gasteiger partial charge on any atom is -0.361 e. The molecule has 5 heteroatoms. The van der Waals surface area contributed by atoms with Crippen molar-refractivity contribution >= 4 is 28.8 Å². The van der Waals surface area contributed by atoms with Crippen molar-refractivity contribution in [3.63, 3.8) is 0 Å². The van der Waals surface area contributed by atoms with E-state index in [1.165, 1.54) is 0 Å². The van der Waals surface area contributed by atoms with Crippen LogP contribution in [-0.2, 0) is 11.3 Å². The van der Waals surface area contributed by atoms with E-state index in [4.69, 9.17) is 0 Å². The lowest BCUT2D eigenvalue weighted by atomic mass is 10.1. The normalized spacial score (nSPS) is 11.3. The summed E-state index contributed by atoms with van der Waals surface area (Å²) in [5.41, 5.74) is 3.52. The van der Waals surface area contributed by atoms with Gasteiger partial charge in [-0.05, 0) is 29.8 Å². The highest BCUT2D eigenvalue weighted by Crippen LogP contribution is 2.21. The number of para-hydroxylation sites is 1. The van der Waals surface area contributed by atoms with Gasteiger partial charge in [-0.1, -0.05) is 66.7 Å². The fraction of sp³-hybridized carbons (Fsp3) is 0.0769. The van der Waals surface area contributed by atoms with Gasteiger partial charge in [0.15, 0.2) is 0 Å². The third kappa shape index (κ3) is 4.73. The zero-order valence-corrected chi connectivity index (χ0v) is 17.2. The number of carbonyl (C=O) groups excluding carboxylic acids is 2. The monoisotopic (exact) mass is 409 g/mol. The van der Waals surface area contributed by atoms with Crippen molar-refractivity contribution in [1.29, 1.82) is 0 Å². The first kappa shape index (κ1) is 20.2. The lowest BCUT2D eigenvalue weighted by Gasteiger charge is -2.20. The van der Waals surface area contributed by atoms with E-state index in [9.17, 15) is 9.59 Å². The van der Waals surface area contributed by atoms with E-state index in [0.717, 1.165) is 22.0 Å². The van der Waals surface area contributed by atoms with Crippen LogP contribution in [0.1, 0.15) is 21.5 Å². The van der Waals surface area contributed by atoms with E-state index in [0.29, 0.717) is 12.1 Å². The van der Waals surface area contributed by atoms with Crippen LogP contribution in [-0.4, -0.2) is 28.7 Å². The Balaban J connectivity index is 1.66. The minimum absolute atomic E-state index is 0.219. The molecule has 2 N–H and O–H groups in total. The molecule has 0 radical (unpaired) electrons. The molecule has 0 saturated heterocycles. The van der Waals surface area contributed by atoms with Crippen LogP contribution in [0.5, 0.6) is 0 Å². The molecule has 4 rings (SSSR count). The molecule has 2 amide bonds. The van der Waals surface area contributed by atoms with Crippen LogP contribution in [0.4, 0.5) is 0 Å². The number of H-pyrrole nitrogens is 1. The van der Waals surface area contributed by atoms with Crippen molar-refractivity contribution < 1.29 is 9.59 Å². The molecule has 154 valence electrons. The van der Waals surface area contributed by atoms with E-state index >= 15 is 0 Å². The Labute approximate surface area is 181 Å². The highest BCUT2D eigenvalue weighted by atomic mass is 16.2. The van der Waals surface area contributed by atoms with Gasteiger partial charge in [-0.15, -0.1) is 0 Å².